The molecule has 2 N–H and O–H groups in total. The number of carbonyl (C=O) groups is 1. The number of carboxylic acids is 1. The number of rotatable bonds is 5. The number of nitrogens with zero attached hydrogens (tertiary/aromatic N) is 2. The monoisotopic (exact) mass is 564 g/mol. The van der Waals surface area contributed by atoms with Gasteiger partial charge in [0, 0.05) is 18.8 Å². The number of aliphatic carboxylic acids is 1. The van der Waals surface area contributed by atoms with Crippen molar-refractivity contribution in [1.82, 2.24) is 4.90 Å². The van der Waals surface area contributed by atoms with Gasteiger partial charge in [-0.15, -0.1) is 0 Å². The number of fused-ring (bicyclic) bond motifs is 1. The lowest BCUT2D eigenvalue weighted by Gasteiger charge is -2.38. The van der Waals surface area contributed by atoms with Gasteiger partial charge in [0.05, 0.1) is 6.54 Å². The summed E-state index contributed by atoms with van der Waals surface area (Å²) in [7, 11) is 0. The van der Waals surface area contributed by atoms with Crippen molar-refractivity contribution in [3.05, 3.63) is 95.1 Å². The highest BCUT2D eigenvalue weighted by Crippen LogP contribution is 2.43. The van der Waals surface area contributed by atoms with Gasteiger partial charge in [0.2, 0.25) is 0 Å². The predicted octanol–water partition coefficient (Wildman–Crippen LogP) is 7.62. The molecule has 0 saturated carbocycles. The van der Waals surface area contributed by atoms with Crippen molar-refractivity contribution in [2.45, 2.75) is 64.2 Å². The fraction of sp³-hybridized carbons (Fsp3) is 0.432. The third-order valence-corrected chi connectivity index (χ3v) is 9.95. The highest BCUT2D eigenvalue weighted by atomic mass is 16.4. The summed E-state index contributed by atoms with van der Waals surface area (Å²) >= 11 is 0. The number of phenolic OH excluding ortho intramolecular Hbond substituents is 1. The van der Waals surface area contributed by atoms with E-state index in [9.17, 15) is 15.0 Å². The Balaban J connectivity index is 1.21. The fourth-order valence-electron chi connectivity index (χ4n) is 7.81. The van der Waals surface area contributed by atoms with Crippen LogP contribution in [0.25, 0.3) is 11.1 Å². The van der Waals surface area contributed by atoms with E-state index in [1.807, 2.05) is 12.1 Å². The van der Waals surface area contributed by atoms with Crippen molar-refractivity contribution in [1.29, 1.82) is 0 Å². The fourth-order valence-corrected chi connectivity index (χ4v) is 7.81. The first kappa shape index (κ1) is 28.5. The summed E-state index contributed by atoms with van der Waals surface area (Å²) in [5.41, 5.74) is 9.33. The molecule has 0 bridgehead atoms. The lowest BCUT2D eigenvalue weighted by Crippen LogP contribution is -2.34. The number of aryl methyl sites for hydroxylation is 1. The van der Waals surface area contributed by atoms with Crippen molar-refractivity contribution in [3.8, 4) is 5.75 Å². The Morgan fingerprint density at radius 1 is 0.738 bits per heavy atom. The number of allylic oxidation sites excluding steroid dienone is 1. The van der Waals surface area contributed by atoms with Crippen molar-refractivity contribution >= 4 is 22.8 Å². The quantitative estimate of drug-likeness (QED) is 0.334. The Morgan fingerprint density at radius 2 is 1.45 bits per heavy atom. The van der Waals surface area contributed by atoms with Gasteiger partial charge in [-0.1, -0.05) is 48.5 Å². The van der Waals surface area contributed by atoms with E-state index in [2.05, 4.69) is 70.5 Å². The largest absolute Gasteiger partial charge is 0.508 e. The number of hydrogen-bond acceptors (Lipinski definition) is 4. The van der Waals surface area contributed by atoms with Gasteiger partial charge in [0.1, 0.15) is 5.75 Å². The lowest BCUT2D eigenvalue weighted by molar-refractivity contribution is -0.138. The number of carboxylic acid groups (broad SMARTS) is 1. The van der Waals surface area contributed by atoms with Crippen molar-refractivity contribution in [2.75, 3.05) is 37.6 Å². The van der Waals surface area contributed by atoms with Crippen LogP contribution in [0.2, 0.25) is 0 Å². The summed E-state index contributed by atoms with van der Waals surface area (Å²) in [6, 6.07) is 25.9. The maximum Gasteiger partial charge on any atom is 0.317 e. The maximum absolute atomic E-state index is 11.2. The minimum Gasteiger partial charge on any atom is -0.508 e. The molecule has 0 aromatic heterocycles. The third kappa shape index (κ3) is 6.42. The van der Waals surface area contributed by atoms with Gasteiger partial charge in [-0.05, 0) is 140 Å². The molecule has 0 atom stereocenters. The first-order valence-corrected chi connectivity index (χ1v) is 15.9. The summed E-state index contributed by atoms with van der Waals surface area (Å²) in [6.45, 7) is 4.15. The van der Waals surface area contributed by atoms with Gasteiger partial charge in [-0.3, -0.25) is 9.69 Å². The van der Waals surface area contributed by atoms with E-state index < -0.39 is 5.97 Å². The third-order valence-electron chi connectivity index (χ3n) is 9.95. The number of aromatic hydroxyl groups is 1. The Hall–Kier alpha value is -3.57. The predicted molar refractivity (Wildman–Crippen MR) is 171 cm³/mol. The molecule has 3 aliphatic rings. The zero-order chi connectivity index (χ0) is 28.9. The van der Waals surface area contributed by atoms with E-state index in [-0.39, 0.29) is 6.54 Å². The van der Waals surface area contributed by atoms with Gasteiger partial charge < -0.3 is 15.1 Å². The normalized spacial score (nSPS) is 19.9. The topological polar surface area (TPSA) is 64.0 Å². The van der Waals surface area contributed by atoms with Crippen LogP contribution in [0.15, 0.2) is 72.8 Å². The molecule has 6 rings (SSSR count). The number of anilines is 1. The smallest absolute Gasteiger partial charge is 0.317 e. The van der Waals surface area contributed by atoms with Crippen LogP contribution in [0.4, 0.5) is 5.69 Å². The SMILES string of the molecule is O=C(O)CN1CCCC2(CCCN(c3ccc(C4=C(c5ccccc5)CCCc5cc(O)ccc54)cc3)CCC2)CC1. The molecule has 2 aliphatic heterocycles. The molecule has 42 heavy (non-hydrogen) atoms. The van der Waals surface area contributed by atoms with Crippen molar-refractivity contribution < 1.29 is 15.0 Å². The molecule has 0 amide bonds. The van der Waals surface area contributed by atoms with Crippen molar-refractivity contribution in [2.24, 2.45) is 5.41 Å². The van der Waals surface area contributed by atoms with Gasteiger partial charge in [0.15, 0.2) is 0 Å². The minimum atomic E-state index is -0.708. The van der Waals surface area contributed by atoms with Crippen molar-refractivity contribution in [3.63, 3.8) is 0 Å². The molecule has 2 saturated heterocycles. The molecule has 5 nitrogen and oxygen atoms in total. The second kappa shape index (κ2) is 12.7. The Bertz CT molecular complexity index is 1400. The number of benzene rings is 3. The molecule has 5 heteroatoms. The highest BCUT2D eigenvalue weighted by molar-refractivity contribution is 6.00. The standard InChI is InChI=1S/C37H44N2O3/c40-32-16-17-34-30(26-32)10-4-11-33(28-8-2-1-3-9-28)36(34)29-12-14-31(15-13-29)39-23-6-19-37(20-7-24-39)18-5-22-38(25-21-37)27-35(41)42/h1-3,8-9,12-17,26,40H,4-7,10-11,18-25,27H2,(H,41,42). The van der Waals surface area contributed by atoms with Crippen LogP contribution in [0.5, 0.6) is 5.75 Å². The van der Waals surface area contributed by atoms with Gasteiger partial charge >= 0.3 is 5.97 Å². The van der Waals surface area contributed by atoms with Crippen LogP contribution in [0.3, 0.4) is 0 Å². The number of phenols is 1. The summed E-state index contributed by atoms with van der Waals surface area (Å²) in [5.74, 6) is -0.368. The van der Waals surface area contributed by atoms with E-state index in [4.69, 9.17) is 0 Å². The molecule has 2 fully saturated rings. The molecule has 2 heterocycles. The Labute approximate surface area is 250 Å². The molecule has 1 aliphatic carbocycles. The first-order valence-electron chi connectivity index (χ1n) is 15.9. The Morgan fingerprint density at radius 3 is 2.17 bits per heavy atom. The summed E-state index contributed by atoms with van der Waals surface area (Å²) < 4.78 is 0. The highest BCUT2D eigenvalue weighted by Gasteiger charge is 2.33. The molecule has 0 unspecified atom stereocenters. The summed E-state index contributed by atoms with van der Waals surface area (Å²) in [6.07, 6.45) is 11.4. The van der Waals surface area contributed by atoms with E-state index in [0.29, 0.717) is 11.2 Å². The molecule has 3 aromatic rings. The molecular weight excluding hydrogens is 520 g/mol. The van der Waals surface area contributed by atoms with Crippen LogP contribution in [0.1, 0.15) is 80.0 Å². The summed E-state index contributed by atoms with van der Waals surface area (Å²) in [5, 5.41) is 19.5. The van der Waals surface area contributed by atoms with Crippen LogP contribution < -0.4 is 4.90 Å². The van der Waals surface area contributed by atoms with E-state index >= 15 is 0 Å². The van der Waals surface area contributed by atoms with Crippen LogP contribution in [-0.4, -0.2) is 53.8 Å². The minimum absolute atomic E-state index is 0.178. The number of likely N-dealkylation sites (tertiary alicyclic amines) is 1. The van der Waals surface area contributed by atoms with Gasteiger partial charge in [0.25, 0.3) is 0 Å². The van der Waals surface area contributed by atoms with E-state index in [1.54, 1.807) is 0 Å². The first-order chi connectivity index (χ1) is 20.5. The van der Waals surface area contributed by atoms with Crippen LogP contribution in [0, 0.1) is 5.41 Å². The molecule has 0 radical (unpaired) electrons. The van der Waals surface area contributed by atoms with E-state index in [0.717, 1.165) is 58.3 Å². The lowest BCUT2D eigenvalue weighted by atomic mass is 9.72. The maximum atomic E-state index is 11.2. The zero-order valence-electron chi connectivity index (χ0n) is 24.7. The number of hydrogen-bond donors (Lipinski definition) is 2. The van der Waals surface area contributed by atoms with Gasteiger partial charge in [-0.2, -0.15) is 0 Å². The summed E-state index contributed by atoms with van der Waals surface area (Å²) in [4.78, 5) is 15.9. The van der Waals surface area contributed by atoms with Crippen LogP contribution >= 0.6 is 0 Å². The van der Waals surface area contributed by atoms with Gasteiger partial charge in [-0.25, -0.2) is 0 Å². The zero-order valence-corrected chi connectivity index (χ0v) is 24.7. The van der Waals surface area contributed by atoms with E-state index in [1.165, 1.54) is 71.2 Å². The molecule has 3 aromatic carbocycles. The second-order valence-corrected chi connectivity index (χ2v) is 12.7. The average molecular weight is 565 g/mol. The molecule has 220 valence electrons. The molecular formula is C37H44N2O3. The molecule has 1 spiro atoms. The average Bonchev–Trinajstić information content (AvgIpc) is 3.29. The second-order valence-electron chi connectivity index (χ2n) is 12.7. The Kier molecular flexibility index (Phi) is 8.66. The van der Waals surface area contributed by atoms with Crippen LogP contribution in [-0.2, 0) is 11.2 Å².